The maximum absolute atomic E-state index is 12.3. The highest BCUT2D eigenvalue weighted by Gasteiger charge is 2.30. The van der Waals surface area contributed by atoms with Crippen molar-refractivity contribution in [3.05, 3.63) is 58.6 Å². The number of para-hydroxylation sites is 2. The highest BCUT2D eigenvalue weighted by molar-refractivity contribution is 9.10. The molecule has 1 atom stereocenters. The maximum Gasteiger partial charge on any atom is 0.410 e. The predicted molar refractivity (Wildman–Crippen MR) is 124 cm³/mol. The summed E-state index contributed by atoms with van der Waals surface area (Å²) in [6, 6.07) is 16.9. The van der Waals surface area contributed by atoms with Crippen LogP contribution in [0, 0.1) is 5.92 Å². The summed E-state index contributed by atoms with van der Waals surface area (Å²) in [5, 5.41) is 0. The number of amides is 1. The fourth-order valence-corrected chi connectivity index (χ4v) is 4.01. The van der Waals surface area contributed by atoms with Gasteiger partial charge in [-0.1, -0.05) is 40.2 Å². The van der Waals surface area contributed by atoms with Crippen molar-refractivity contribution < 1.29 is 14.3 Å². The van der Waals surface area contributed by atoms with Gasteiger partial charge in [-0.3, -0.25) is 4.57 Å². The Kier molecular flexibility index (Phi) is 6.23. The second kappa shape index (κ2) is 8.91. The Morgan fingerprint density at radius 1 is 1.16 bits per heavy atom. The average molecular weight is 486 g/mol. The Hall–Kier alpha value is -2.54. The Morgan fingerprint density at radius 2 is 1.90 bits per heavy atom. The molecular formula is C24H28BrN3O3. The topological polar surface area (TPSA) is 56.6 Å². The van der Waals surface area contributed by atoms with Gasteiger partial charge in [-0.2, -0.15) is 4.98 Å². The average Bonchev–Trinajstić information content (AvgIpc) is 3.32. The molecule has 0 N–H and O–H groups in total. The van der Waals surface area contributed by atoms with E-state index in [9.17, 15) is 4.79 Å². The monoisotopic (exact) mass is 485 g/mol. The van der Waals surface area contributed by atoms with Crippen molar-refractivity contribution >= 4 is 33.1 Å². The first-order chi connectivity index (χ1) is 14.8. The number of halogens is 1. The Labute approximate surface area is 191 Å². The molecule has 1 fully saturated rings. The van der Waals surface area contributed by atoms with E-state index in [0.29, 0.717) is 32.3 Å². The van der Waals surface area contributed by atoms with Crippen LogP contribution in [0.1, 0.15) is 32.8 Å². The number of aromatic nitrogens is 2. The molecule has 2 heterocycles. The van der Waals surface area contributed by atoms with E-state index in [0.717, 1.165) is 21.9 Å². The normalized spacial score (nSPS) is 16.6. The third-order valence-corrected chi connectivity index (χ3v) is 5.79. The summed E-state index contributed by atoms with van der Waals surface area (Å²) >= 11 is 3.49. The quantitative estimate of drug-likeness (QED) is 0.479. The first-order valence-corrected chi connectivity index (χ1v) is 11.4. The van der Waals surface area contributed by atoms with Gasteiger partial charge < -0.3 is 14.4 Å². The summed E-state index contributed by atoms with van der Waals surface area (Å²) in [4.78, 5) is 18.8. The number of hydrogen-bond donors (Lipinski definition) is 0. The largest absolute Gasteiger partial charge is 0.464 e. The zero-order chi connectivity index (χ0) is 22.0. The number of rotatable bonds is 5. The van der Waals surface area contributed by atoms with Gasteiger partial charge in [-0.15, -0.1) is 0 Å². The molecule has 0 spiro atoms. The van der Waals surface area contributed by atoms with Crippen molar-refractivity contribution in [2.45, 2.75) is 39.3 Å². The molecule has 1 amide bonds. The lowest BCUT2D eigenvalue weighted by Crippen LogP contribution is -2.35. The van der Waals surface area contributed by atoms with Gasteiger partial charge in [0.25, 0.3) is 6.01 Å². The standard InChI is InChI=1S/C24H28BrN3O3/c1-24(2,3)31-23(29)27-13-12-18(14-27)16-30-22-26-20-6-4-5-7-21(20)28(22)15-17-8-10-19(25)11-9-17/h4-11,18H,12-16H2,1-3H3/t18-/m1/s1. The van der Waals surface area contributed by atoms with Gasteiger partial charge in [0.05, 0.1) is 24.2 Å². The van der Waals surface area contributed by atoms with Crippen LogP contribution >= 0.6 is 15.9 Å². The van der Waals surface area contributed by atoms with E-state index < -0.39 is 5.60 Å². The first kappa shape index (κ1) is 21.7. The molecule has 0 saturated carbocycles. The summed E-state index contributed by atoms with van der Waals surface area (Å²) in [6.07, 6.45) is 0.643. The molecule has 6 nitrogen and oxygen atoms in total. The molecular weight excluding hydrogens is 458 g/mol. The number of imidazole rings is 1. The molecule has 7 heteroatoms. The van der Waals surface area contributed by atoms with Gasteiger partial charge in [0.1, 0.15) is 5.60 Å². The first-order valence-electron chi connectivity index (χ1n) is 10.6. The number of likely N-dealkylation sites (tertiary alicyclic amines) is 1. The van der Waals surface area contributed by atoms with Gasteiger partial charge in [-0.05, 0) is 57.0 Å². The van der Waals surface area contributed by atoms with Crippen LogP contribution in [0.15, 0.2) is 53.0 Å². The van der Waals surface area contributed by atoms with Crippen molar-refractivity contribution in [3.63, 3.8) is 0 Å². The van der Waals surface area contributed by atoms with Crippen molar-refractivity contribution in [2.75, 3.05) is 19.7 Å². The second-order valence-electron chi connectivity index (χ2n) is 8.99. The van der Waals surface area contributed by atoms with Crippen LogP contribution in [-0.4, -0.2) is 45.8 Å². The Morgan fingerprint density at radius 3 is 2.65 bits per heavy atom. The SMILES string of the molecule is CC(C)(C)OC(=O)N1CC[C@@H](COc2nc3ccccc3n2Cc2ccc(Br)cc2)C1. The molecule has 0 unspecified atom stereocenters. The zero-order valence-electron chi connectivity index (χ0n) is 18.2. The summed E-state index contributed by atoms with van der Waals surface area (Å²) in [6.45, 7) is 8.19. The fourth-order valence-electron chi connectivity index (χ4n) is 3.74. The van der Waals surface area contributed by atoms with Crippen LogP contribution < -0.4 is 4.74 Å². The fraction of sp³-hybridized carbons (Fsp3) is 0.417. The lowest BCUT2D eigenvalue weighted by molar-refractivity contribution is 0.0284. The number of carbonyl (C=O) groups excluding carboxylic acids is 1. The molecule has 1 saturated heterocycles. The predicted octanol–water partition coefficient (Wildman–Crippen LogP) is 5.48. The summed E-state index contributed by atoms with van der Waals surface area (Å²) in [5.41, 5.74) is 2.65. The van der Waals surface area contributed by atoms with Gasteiger partial charge in [0, 0.05) is 23.5 Å². The third kappa shape index (κ3) is 5.39. The van der Waals surface area contributed by atoms with Crippen molar-refractivity contribution in [1.29, 1.82) is 0 Å². The molecule has 0 bridgehead atoms. The van der Waals surface area contributed by atoms with Gasteiger partial charge in [0.2, 0.25) is 0 Å². The molecule has 3 aromatic rings. The Bertz CT molecular complexity index is 1060. The molecule has 31 heavy (non-hydrogen) atoms. The van der Waals surface area contributed by atoms with E-state index in [4.69, 9.17) is 14.5 Å². The number of benzene rings is 2. The lowest BCUT2D eigenvalue weighted by atomic mass is 10.1. The zero-order valence-corrected chi connectivity index (χ0v) is 19.8. The van der Waals surface area contributed by atoms with E-state index in [1.807, 2.05) is 51.1 Å². The van der Waals surface area contributed by atoms with Crippen LogP contribution in [0.5, 0.6) is 6.01 Å². The molecule has 4 rings (SSSR count). The summed E-state index contributed by atoms with van der Waals surface area (Å²) in [7, 11) is 0. The van der Waals surface area contributed by atoms with Crippen LogP contribution in [-0.2, 0) is 11.3 Å². The molecule has 1 aliphatic rings. The van der Waals surface area contributed by atoms with Crippen LogP contribution in [0.2, 0.25) is 0 Å². The van der Waals surface area contributed by atoms with Gasteiger partial charge in [0.15, 0.2) is 0 Å². The van der Waals surface area contributed by atoms with Gasteiger partial charge in [-0.25, -0.2) is 4.79 Å². The smallest absolute Gasteiger partial charge is 0.410 e. The molecule has 1 aliphatic heterocycles. The number of hydrogen-bond acceptors (Lipinski definition) is 4. The molecule has 0 radical (unpaired) electrons. The number of carbonyl (C=O) groups is 1. The molecule has 164 valence electrons. The minimum absolute atomic E-state index is 0.252. The summed E-state index contributed by atoms with van der Waals surface area (Å²) in [5.74, 6) is 0.258. The molecule has 0 aliphatic carbocycles. The lowest BCUT2D eigenvalue weighted by Gasteiger charge is -2.24. The van der Waals surface area contributed by atoms with Crippen LogP contribution in [0.25, 0.3) is 11.0 Å². The van der Waals surface area contributed by atoms with E-state index in [1.54, 1.807) is 4.90 Å². The number of fused-ring (bicyclic) bond motifs is 1. The van der Waals surface area contributed by atoms with E-state index >= 15 is 0 Å². The third-order valence-electron chi connectivity index (χ3n) is 5.26. The molecule has 1 aromatic heterocycles. The van der Waals surface area contributed by atoms with Crippen LogP contribution in [0.3, 0.4) is 0 Å². The highest BCUT2D eigenvalue weighted by atomic mass is 79.9. The van der Waals surface area contributed by atoms with E-state index in [1.165, 1.54) is 5.56 Å². The van der Waals surface area contributed by atoms with Gasteiger partial charge >= 0.3 is 6.09 Å². The Balaban J connectivity index is 1.45. The second-order valence-corrected chi connectivity index (χ2v) is 9.90. The van der Waals surface area contributed by atoms with Crippen molar-refractivity contribution in [3.8, 4) is 6.01 Å². The van der Waals surface area contributed by atoms with E-state index in [2.05, 4.69) is 38.7 Å². The van der Waals surface area contributed by atoms with Crippen molar-refractivity contribution in [2.24, 2.45) is 5.92 Å². The minimum atomic E-state index is -0.483. The number of ether oxygens (including phenoxy) is 2. The maximum atomic E-state index is 12.3. The van der Waals surface area contributed by atoms with Crippen molar-refractivity contribution in [1.82, 2.24) is 14.5 Å². The molecule has 2 aromatic carbocycles. The number of nitrogens with zero attached hydrogens (tertiary/aromatic N) is 3. The van der Waals surface area contributed by atoms with Crippen LogP contribution in [0.4, 0.5) is 4.79 Å². The minimum Gasteiger partial charge on any atom is -0.464 e. The highest BCUT2D eigenvalue weighted by Crippen LogP contribution is 2.25. The summed E-state index contributed by atoms with van der Waals surface area (Å²) < 4.78 is 14.9. The van der Waals surface area contributed by atoms with E-state index in [-0.39, 0.29) is 12.0 Å².